The lowest BCUT2D eigenvalue weighted by molar-refractivity contribution is 0.103. The quantitative estimate of drug-likeness (QED) is 0.711. The molecule has 0 aliphatic rings. The Labute approximate surface area is 86.1 Å². The van der Waals surface area contributed by atoms with E-state index in [9.17, 15) is 4.79 Å². The summed E-state index contributed by atoms with van der Waals surface area (Å²) in [6.45, 7) is 2.56. The monoisotopic (exact) mass is 205 g/mol. The highest BCUT2D eigenvalue weighted by Crippen LogP contribution is 2.13. The van der Waals surface area contributed by atoms with Gasteiger partial charge in [-0.15, -0.1) is 0 Å². The maximum atomic E-state index is 12.0. The Morgan fingerprint density at radius 3 is 3.07 bits per heavy atom. The number of ketones is 1. The SMILES string of the molecule is CCn1nccc1C(=O)c1cn[nH]c1N. The van der Waals surface area contributed by atoms with Crippen LogP contribution in [0.5, 0.6) is 0 Å². The van der Waals surface area contributed by atoms with E-state index in [1.54, 1.807) is 16.9 Å². The molecule has 6 nitrogen and oxygen atoms in total. The van der Waals surface area contributed by atoms with Gasteiger partial charge in [0.2, 0.25) is 5.78 Å². The topological polar surface area (TPSA) is 89.6 Å². The molecular formula is C9H11N5O. The number of hydrogen-bond donors (Lipinski definition) is 2. The predicted molar refractivity (Wildman–Crippen MR) is 54.3 cm³/mol. The summed E-state index contributed by atoms with van der Waals surface area (Å²) in [5.74, 6) is 0.115. The van der Waals surface area contributed by atoms with Gasteiger partial charge in [-0.05, 0) is 13.0 Å². The zero-order valence-corrected chi connectivity index (χ0v) is 8.27. The van der Waals surface area contributed by atoms with E-state index in [4.69, 9.17) is 5.73 Å². The minimum Gasteiger partial charge on any atom is -0.383 e. The first-order valence-corrected chi connectivity index (χ1v) is 4.59. The van der Waals surface area contributed by atoms with E-state index in [-0.39, 0.29) is 11.6 Å². The summed E-state index contributed by atoms with van der Waals surface area (Å²) in [4.78, 5) is 12.0. The van der Waals surface area contributed by atoms with Crippen LogP contribution in [0.3, 0.4) is 0 Å². The number of aromatic amines is 1. The van der Waals surface area contributed by atoms with Crippen LogP contribution in [-0.2, 0) is 6.54 Å². The molecule has 3 N–H and O–H groups in total. The molecule has 0 amide bonds. The van der Waals surface area contributed by atoms with Crippen LogP contribution in [0.25, 0.3) is 0 Å². The average Bonchev–Trinajstić information content (AvgIpc) is 2.84. The smallest absolute Gasteiger partial charge is 0.216 e. The highest BCUT2D eigenvalue weighted by molar-refractivity contribution is 6.10. The first-order valence-electron chi connectivity index (χ1n) is 4.59. The van der Waals surface area contributed by atoms with Crippen molar-refractivity contribution in [1.29, 1.82) is 0 Å². The zero-order valence-electron chi connectivity index (χ0n) is 8.27. The minimum atomic E-state index is -0.166. The third-order valence-electron chi connectivity index (χ3n) is 2.16. The fourth-order valence-electron chi connectivity index (χ4n) is 1.39. The van der Waals surface area contributed by atoms with Gasteiger partial charge in [-0.25, -0.2) is 0 Å². The van der Waals surface area contributed by atoms with Crippen molar-refractivity contribution in [2.45, 2.75) is 13.5 Å². The third-order valence-corrected chi connectivity index (χ3v) is 2.16. The molecule has 2 aromatic heterocycles. The van der Waals surface area contributed by atoms with Gasteiger partial charge in [-0.2, -0.15) is 10.2 Å². The Morgan fingerprint density at radius 2 is 2.47 bits per heavy atom. The molecule has 2 aromatic rings. The van der Waals surface area contributed by atoms with Crippen LogP contribution in [0.1, 0.15) is 23.0 Å². The van der Waals surface area contributed by atoms with E-state index in [0.717, 1.165) is 0 Å². The van der Waals surface area contributed by atoms with E-state index in [2.05, 4.69) is 15.3 Å². The summed E-state index contributed by atoms with van der Waals surface area (Å²) in [5.41, 5.74) is 6.47. The summed E-state index contributed by atoms with van der Waals surface area (Å²) >= 11 is 0. The van der Waals surface area contributed by atoms with Gasteiger partial charge in [-0.1, -0.05) is 0 Å². The molecule has 0 aliphatic carbocycles. The van der Waals surface area contributed by atoms with Gasteiger partial charge in [-0.3, -0.25) is 14.6 Å². The average molecular weight is 205 g/mol. The van der Waals surface area contributed by atoms with Crippen LogP contribution < -0.4 is 5.73 Å². The van der Waals surface area contributed by atoms with Crippen molar-refractivity contribution in [3.05, 3.63) is 29.7 Å². The Morgan fingerprint density at radius 1 is 1.67 bits per heavy atom. The number of hydrogen-bond acceptors (Lipinski definition) is 4. The van der Waals surface area contributed by atoms with Gasteiger partial charge in [0.05, 0.1) is 11.8 Å². The largest absolute Gasteiger partial charge is 0.383 e. The molecule has 0 fully saturated rings. The highest BCUT2D eigenvalue weighted by atomic mass is 16.1. The van der Waals surface area contributed by atoms with Gasteiger partial charge < -0.3 is 5.73 Å². The second kappa shape index (κ2) is 3.56. The molecule has 15 heavy (non-hydrogen) atoms. The molecule has 78 valence electrons. The predicted octanol–water partition coefficient (Wildman–Crippen LogP) is 0.439. The molecule has 0 radical (unpaired) electrons. The van der Waals surface area contributed by atoms with E-state index in [1.807, 2.05) is 6.92 Å². The number of nitrogen functional groups attached to an aromatic ring is 1. The molecule has 6 heteroatoms. The maximum absolute atomic E-state index is 12.0. The Hall–Kier alpha value is -2.11. The second-order valence-corrected chi connectivity index (χ2v) is 3.06. The van der Waals surface area contributed by atoms with E-state index in [0.29, 0.717) is 17.8 Å². The van der Waals surface area contributed by atoms with Crippen molar-refractivity contribution < 1.29 is 4.79 Å². The van der Waals surface area contributed by atoms with Crippen molar-refractivity contribution in [1.82, 2.24) is 20.0 Å². The van der Waals surface area contributed by atoms with Crippen LogP contribution in [-0.4, -0.2) is 25.8 Å². The number of nitrogens with one attached hydrogen (secondary N) is 1. The Bertz CT molecular complexity index is 484. The number of H-pyrrole nitrogens is 1. The van der Waals surface area contributed by atoms with Crippen LogP contribution >= 0.6 is 0 Å². The molecule has 2 rings (SSSR count). The summed E-state index contributed by atoms with van der Waals surface area (Å²) in [6, 6.07) is 1.66. The van der Waals surface area contributed by atoms with E-state index in [1.165, 1.54) is 6.20 Å². The van der Waals surface area contributed by atoms with Gasteiger partial charge >= 0.3 is 0 Å². The van der Waals surface area contributed by atoms with Gasteiger partial charge in [0, 0.05) is 12.7 Å². The number of nitrogens with two attached hydrogens (primary N) is 1. The lowest BCUT2D eigenvalue weighted by Crippen LogP contribution is -2.11. The van der Waals surface area contributed by atoms with E-state index >= 15 is 0 Å². The molecule has 0 bridgehead atoms. The summed E-state index contributed by atoms with van der Waals surface area (Å²) in [6.07, 6.45) is 3.01. The van der Waals surface area contributed by atoms with E-state index < -0.39 is 0 Å². The molecular weight excluding hydrogens is 194 g/mol. The van der Waals surface area contributed by atoms with Crippen molar-refractivity contribution >= 4 is 11.6 Å². The number of nitrogens with zero attached hydrogens (tertiary/aromatic N) is 3. The molecule has 0 atom stereocenters. The zero-order chi connectivity index (χ0) is 10.8. The first-order chi connectivity index (χ1) is 7.24. The molecule has 2 heterocycles. The molecule has 0 spiro atoms. The maximum Gasteiger partial charge on any atom is 0.216 e. The number of rotatable bonds is 3. The third kappa shape index (κ3) is 1.50. The van der Waals surface area contributed by atoms with Crippen LogP contribution in [0.15, 0.2) is 18.5 Å². The lowest BCUT2D eigenvalue weighted by Gasteiger charge is -2.02. The first kappa shape index (κ1) is 9.45. The van der Waals surface area contributed by atoms with Crippen molar-refractivity contribution in [2.75, 3.05) is 5.73 Å². The van der Waals surface area contributed by atoms with Crippen molar-refractivity contribution in [3.8, 4) is 0 Å². The highest BCUT2D eigenvalue weighted by Gasteiger charge is 2.17. The molecule has 0 unspecified atom stereocenters. The van der Waals surface area contributed by atoms with Gasteiger partial charge in [0.25, 0.3) is 0 Å². The Balaban J connectivity index is 2.41. The standard InChI is InChI=1S/C9H11N5O/c1-2-14-7(3-4-12-14)8(15)6-5-11-13-9(6)10/h3-5H,2H2,1H3,(H3,10,11,13). The number of carbonyl (C=O) groups is 1. The van der Waals surface area contributed by atoms with Crippen molar-refractivity contribution in [2.24, 2.45) is 0 Å². The van der Waals surface area contributed by atoms with Crippen LogP contribution in [0.2, 0.25) is 0 Å². The summed E-state index contributed by atoms with van der Waals surface area (Å²) in [5, 5.41) is 10.3. The molecule has 0 saturated carbocycles. The van der Waals surface area contributed by atoms with Gasteiger partial charge in [0.1, 0.15) is 11.5 Å². The normalized spacial score (nSPS) is 10.5. The number of aryl methyl sites for hydroxylation is 1. The molecule has 0 aliphatic heterocycles. The van der Waals surface area contributed by atoms with Gasteiger partial charge in [0.15, 0.2) is 0 Å². The molecule has 0 saturated heterocycles. The number of carbonyl (C=O) groups excluding carboxylic acids is 1. The number of aromatic nitrogens is 4. The fraction of sp³-hybridized carbons (Fsp3) is 0.222. The summed E-state index contributed by atoms with van der Waals surface area (Å²) in [7, 11) is 0. The molecule has 0 aromatic carbocycles. The van der Waals surface area contributed by atoms with Crippen LogP contribution in [0, 0.1) is 0 Å². The lowest BCUT2D eigenvalue weighted by atomic mass is 10.1. The minimum absolute atomic E-state index is 0.166. The fourth-order valence-corrected chi connectivity index (χ4v) is 1.39. The summed E-state index contributed by atoms with van der Waals surface area (Å²) < 4.78 is 1.62. The van der Waals surface area contributed by atoms with Crippen molar-refractivity contribution in [3.63, 3.8) is 0 Å². The second-order valence-electron chi connectivity index (χ2n) is 3.06. The van der Waals surface area contributed by atoms with Crippen LogP contribution in [0.4, 0.5) is 5.82 Å². The number of anilines is 1. The Kier molecular flexibility index (Phi) is 2.24.